The third kappa shape index (κ3) is 5.15. The second-order valence-electron chi connectivity index (χ2n) is 5.93. The van der Waals surface area contributed by atoms with Gasteiger partial charge in [-0.15, -0.1) is 11.3 Å². The zero-order valence-electron chi connectivity index (χ0n) is 14.8. The molecule has 3 rings (SSSR count). The number of carbonyl (C=O) groups is 1. The lowest BCUT2D eigenvalue weighted by Gasteiger charge is -2.09. The lowest BCUT2D eigenvalue weighted by atomic mass is 10.2. The van der Waals surface area contributed by atoms with Gasteiger partial charge in [-0.2, -0.15) is 0 Å². The maximum absolute atomic E-state index is 12.5. The number of aromatic nitrogens is 1. The van der Waals surface area contributed by atoms with Crippen LogP contribution in [0.5, 0.6) is 5.75 Å². The number of thiazole rings is 1. The summed E-state index contributed by atoms with van der Waals surface area (Å²) in [5, 5.41) is 5.61. The molecule has 0 spiro atoms. The summed E-state index contributed by atoms with van der Waals surface area (Å²) in [5.41, 5.74) is 1.66. The molecule has 1 amide bonds. The Balaban J connectivity index is 1.70. The fourth-order valence-electron chi connectivity index (χ4n) is 2.37. The van der Waals surface area contributed by atoms with E-state index in [0.717, 1.165) is 17.0 Å². The number of amides is 1. The Hall–Kier alpha value is -2.71. The first-order valence-corrected chi connectivity index (χ1v) is 10.8. The van der Waals surface area contributed by atoms with Crippen LogP contribution in [0.3, 0.4) is 0 Å². The summed E-state index contributed by atoms with van der Waals surface area (Å²) < 4.78 is 29.0. The average Bonchev–Trinajstić information content (AvgIpc) is 3.05. The van der Waals surface area contributed by atoms with Gasteiger partial charge in [-0.25, -0.2) is 13.4 Å². The number of hydrogen-bond donors (Lipinski definition) is 1. The van der Waals surface area contributed by atoms with Gasteiger partial charge in [0.05, 0.1) is 15.6 Å². The molecule has 2 aromatic carbocycles. The van der Waals surface area contributed by atoms with Gasteiger partial charge >= 0.3 is 0 Å². The van der Waals surface area contributed by atoms with Gasteiger partial charge < -0.3 is 10.1 Å². The molecular weight excluding hydrogens is 384 g/mol. The van der Waals surface area contributed by atoms with Gasteiger partial charge in [0.1, 0.15) is 12.4 Å². The predicted octanol–water partition coefficient (Wildman–Crippen LogP) is 3.69. The van der Waals surface area contributed by atoms with Crippen molar-refractivity contribution in [1.29, 1.82) is 0 Å². The molecule has 3 aromatic rings. The predicted molar refractivity (Wildman–Crippen MR) is 105 cm³/mol. The quantitative estimate of drug-likeness (QED) is 0.680. The minimum absolute atomic E-state index is 0.149. The van der Waals surface area contributed by atoms with Crippen LogP contribution in [0, 0.1) is 6.92 Å². The van der Waals surface area contributed by atoms with Crippen LogP contribution in [0.2, 0.25) is 0 Å². The molecule has 0 unspecified atom stereocenters. The smallest absolute Gasteiger partial charge is 0.255 e. The van der Waals surface area contributed by atoms with Gasteiger partial charge in [-0.3, -0.25) is 4.79 Å². The fraction of sp³-hybridized carbons (Fsp3) is 0.158. The van der Waals surface area contributed by atoms with Gasteiger partial charge in [0.2, 0.25) is 0 Å². The number of benzene rings is 2. The summed E-state index contributed by atoms with van der Waals surface area (Å²) in [4.78, 5) is 17.0. The van der Waals surface area contributed by atoms with Crippen LogP contribution < -0.4 is 10.1 Å². The zero-order chi connectivity index (χ0) is 19.4. The summed E-state index contributed by atoms with van der Waals surface area (Å²) in [5.74, 6) is 0.203. The highest BCUT2D eigenvalue weighted by Crippen LogP contribution is 2.19. The van der Waals surface area contributed by atoms with Crippen LogP contribution in [-0.2, 0) is 16.4 Å². The van der Waals surface area contributed by atoms with Gasteiger partial charge in [-0.05, 0) is 43.3 Å². The largest absolute Gasteiger partial charge is 0.487 e. The maximum Gasteiger partial charge on any atom is 0.255 e. The van der Waals surface area contributed by atoms with Gasteiger partial charge in [0, 0.05) is 22.9 Å². The van der Waals surface area contributed by atoms with Crippen molar-refractivity contribution >= 4 is 32.8 Å². The minimum Gasteiger partial charge on any atom is -0.487 e. The molecule has 0 aliphatic rings. The number of sulfone groups is 1. The average molecular weight is 402 g/mol. The topological polar surface area (TPSA) is 85.4 Å². The Labute approximate surface area is 161 Å². The van der Waals surface area contributed by atoms with Crippen molar-refractivity contribution < 1.29 is 17.9 Å². The van der Waals surface area contributed by atoms with E-state index in [-0.39, 0.29) is 10.8 Å². The van der Waals surface area contributed by atoms with E-state index in [1.807, 2.05) is 12.3 Å². The van der Waals surface area contributed by atoms with Gasteiger partial charge in [0.25, 0.3) is 5.91 Å². The molecule has 0 bridgehead atoms. The number of anilines is 1. The Morgan fingerprint density at radius 2 is 1.96 bits per heavy atom. The van der Waals surface area contributed by atoms with E-state index in [1.54, 1.807) is 47.7 Å². The minimum atomic E-state index is -3.34. The first-order chi connectivity index (χ1) is 12.8. The highest BCUT2D eigenvalue weighted by atomic mass is 32.2. The lowest BCUT2D eigenvalue weighted by molar-refractivity contribution is 0.102. The van der Waals surface area contributed by atoms with E-state index in [4.69, 9.17) is 4.74 Å². The maximum atomic E-state index is 12.5. The van der Waals surface area contributed by atoms with Crippen molar-refractivity contribution in [3.63, 3.8) is 0 Å². The molecule has 0 saturated carbocycles. The monoisotopic (exact) mass is 402 g/mol. The number of aryl methyl sites for hydroxylation is 1. The van der Waals surface area contributed by atoms with Crippen molar-refractivity contribution in [1.82, 2.24) is 4.98 Å². The van der Waals surface area contributed by atoms with Crippen LogP contribution in [0.25, 0.3) is 0 Å². The summed E-state index contributed by atoms with van der Waals surface area (Å²) in [6, 6.07) is 12.9. The molecule has 0 aliphatic carbocycles. The van der Waals surface area contributed by atoms with E-state index < -0.39 is 9.84 Å². The molecule has 8 heteroatoms. The molecule has 6 nitrogen and oxygen atoms in total. The first kappa shape index (κ1) is 19.1. The molecule has 1 heterocycles. The summed E-state index contributed by atoms with van der Waals surface area (Å²) in [7, 11) is -3.34. The van der Waals surface area contributed by atoms with Gasteiger partial charge in [0.15, 0.2) is 9.84 Å². The molecule has 140 valence electrons. The van der Waals surface area contributed by atoms with Gasteiger partial charge in [-0.1, -0.05) is 12.1 Å². The molecule has 1 aromatic heterocycles. The standard InChI is InChI=1S/C19H18N2O4S2/c1-13-20-16(12-26-13)11-25-17-7-3-5-14(9-17)19(22)21-15-6-4-8-18(10-15)27(2,23)24/h3-10,12H,11H2,1-2H3,(H,21,22). The van der Waals surface area contributed by atoms with Crippen molar-refractivity contribution in [2.75, 3.05) is 11.6 Å². The van der Waals surface area contributed by atoms with E-state index in [1.165, 1.54) is 12.1 Å². The Bertz CT molecular complexity index is 1070. The Morgan fingerprint density at radius 1 is 1.19 bits per heavy atom. The molecule has 1 N–H and O–H groups in total. The van der Waals surface area contributed by atoms with Crippen molar-refractivity contribution in [3.05, 3.63) is 70.2 Å². The fourth-order valence-corrected chi connectivity index (χ4v) is 3.63. The van der Waals surface area contributed by atoms with Crippen LogP contribution in [0.15, 0.2) is 58.8 Å². The SMILES string of the molecule is Cc1nc(COc2cccc(C(=O)Nc3cccc(S(C)(=O)=O)c3)c2)cs1. The molecule has 0 saturated heterocycles. The van der Waals surface area contributed by atoms with Crippen LogP contribution in [0.4, 0.5) is 5.69 Å². The summed E-state index contributed by atoms with van der Waals surface area (Å²) in [6.07, 6.45) is 1.12. The summed E-state index contributed by atoms with van der Waals surface area (Å²) in [6.45, 7) is 2.25. The number of nitrogens with one attached hydrogen (secondary N) is 1. The van der Waals surface area contributed by atoms with Crippen LogP contribution in [0.1, 0.15) is 21.1 Å². The van der Waals surface area contributed by atoms with E-state index in [9.17, 15) is 13.2 Å². The van der Waals surface area contributed by atoms with Crippen molar-refractivity contribution in [2.45, 2.75) is 18.4 Å². The van der Waals surface area contributed by atoms with E-state index in [0.29, 0.717) is 23.6 Å². The second kappa shape index (κ2) is 7.89. The Kier molecular flexibility index (Phi) is 5.57. The first-order valence-electron chi connectivity index (χ1n) is 8.06. The lowest BCUT2D eigenvalue weighted by Crippen LogP contribution is -2.12. The summed E-state index contributed by atoms with van der Waals surface area (Å²) >= 11 is 1.55. The molecular formula is C19H18N2O4S2. The highest BCUT2D eigenvalue weighted by Gasteiger charge is 2.11. The van der Waals surface area contributed by atoms with Crippen molar-refractivity contribution in [3.8, 4) is 5.75 Å². The Morgan fingerprint density at radius 3 is 2.67 bits per heavy atom. The molecule has 0 atom stereocenters. The normalized spacial score (nSPS) is 11.2. The van der Waals surface area contributed by atoms with E-state index >= 15 is 0 Å². The number of carbonyl (C=O) groups excluding carboxylic acids is 1. The number of ether oxygens (including phenoxy) is 1. The van der Waals surface area contributed by atoms with Crippen LogP contribution in [-0.4, -0.2) is 25.6 Å². The molecule has 0 fully saturated rings. The zero-order valence-corrected chi connectivity index (χ0v) is 16.4. The van der Waals surface area contributed by atoms with Crippen molar-refractivity contribution in [2.24, 2.45) is 0 Å². The van der Waals surface area contributed by atoms with Crippen LogP contribution >= 0.6 is 11.3 Å². The number of nitrogens with zero attached hydrogens (tertiary/aromatic N) is 1. The number of hydrogen-bond acceptors (Lipinski definition) is 6. The molecule has 0 aliphatic heterocycles. The second-order valence-corrected chi connectivity index (χ2v) is 9.01. The third-order valence-corrected chi connectivity index (χ3v) is 5.60. The number of rotatable bonds is 6. The molecule has 27 heavy (non-hydrogen) atoms. The molecule has 0 radical (unpaired) electrons. The van der Waals surface area contributed by atoms with E-state index in [2.05, 4.69) is 10.3 Å². The highest BCUT2D eigenvalue weighted by molar-refractivity contribution is 7.90. The third-order valence-electron chi connectivity index (χ3n) is 3.67.